The summed E-state index contributed by atoms with van der Waals surface area (Å²) in [5, 5.41) is 4.12. The average molecular weight is 306 g/mol. The summed E-state index contributed by atoms with van der Waals surface area (Å²) >= 11 is 5.92. The van der Waals surface area contributed by atoms with Crippen LogP contribution in [-0.2, 0) is 12.8 Å². The smallest absolute Gasteiger partial charge is 0.126 e. The van der Waals surface area contributed by atoms with Gasteiger partial charge < -0.3 is 5.32 Å². The summed E-state index contributed by atoms with van der Waals surface area (Å²) in [7, 11) is 0. The van der Waals surface area contributed by atoms with Crippen LogP contribution in [0.3, 0.4) is 0 Å². The van der Waals surface area contributed by atoms with Crippen LogP contribution in [0.5, 0.6) is 0 Å². The number of hydrogen-bond acceptors (Lipinski definition) is 1. The molecular formula is C18H21ClFN. The molecule has 0 radical (unpaired) electrons. The first-order chi connectivity index (χ1) is 10.2. The van der Waals surface area contributed by atoms with E-state index in [4.69, 9.17) is 11.6 Å². The third kappa shape index (κ3) is 5.14. The van der Waals surface area contributed by atoms with Gasteiger partial charge in [0, 0.05) is 5.02 Å². The molecule has 3 heteroatoms. The Morgan fingerprint density at radius 2 is 1.76 bits per heavy atom. The number of hydrogen-bond donors (Lipinski definition) is 1. The van der Waals surface area contributed by atoms with Gasteiger partial charge in [-0.15, -0.1) is 0 Å². The van der Waals surface area contributed by atoms with Gasteiger partial charge in [-0.2, -0.15) is 0 Å². The van der Waals surface area contributed by atoms with Crippen LogP contribution >= 0.6 is 11.6 Å². The molecule has 0 saturated carbocycles. The van der Waals surface area contributed by atoms with Crippen molar-refractivity contribution in [3.63, 3.8) is 0 Å². The maximum absolute atomic E-state index is 13.8. The first-order valence-electron chi connectivity index (χ1n) is 7.37. The minimum absolute atomic E-state index is 0.116. The molecule has 0 amide bonds. The van der Waals surface area contributed by atoms with E-state index in [-0.39, 0.29) is 5.82 Å². The number of nitrogens with one attached hydrogen (secondary N) is 1. The van der Waals surface area contributed by atoms with Gasteiger partial charge in [0.2, 0.25) is 0 Å². The first kappa shape index (κ1) is 16.0. The summed E-state index contributed by atoms with van der Waals surface area (Å²) in [6.45, 7) is 3.89. The van der Waals surface area contributed by atoms with Crippen LogP contribution in [0.1, 0.15) is 18.1 Å². The Kier molecular flexibility index (Phi) is 6.21. The minimum Gasteiger partial charge on any atom is -0.317 e. The topological polar surface area (TPSA) is 12.0 Å². The van der Waals surface area contributed by atoms with Crippen LogP contribution in [-0.4, -0.2) is 13.1 Å². The van der Waals surface area contributed by atoms with Crippen molar-refractivity contribution in [1.29, 1.82) is 0 Å². The number of rotatable bonds is 7. The van der Waals surface area contributed by atoms with Gasteiger partial charge in [0.05, 0.1) is 0 Å². The Labute approximate surface area is 131 Å². The highest BCUT2D eigenvalue weighted by Crippen LogP contribution is 2.18. The monoisotopic (exact) mass is 305 g/mol. The van der Waals surface area contributed by atoms with Crippen LogP contribution in [0.4, 0.5) is 4.39 Å². The van der Waals surface area contributed by atoms with E-state index >= 15 is 0 Å². The van der Waals surface area contributed by atoms with Crippen molar-refractivity contribution in [2.45, 2.75) is 19.8 Å². The van der Waals surface area contributed by atoms with Crippen molar-refractivity contribution in [3.8, 4) is 0 Å². The fourth-order valence-electron chi connectivity index (χ4n) is 2.49. The largest absolute Gasteiger partial charge is 0.317 e. The maximum atomic E-state index is 13.8. The Balaban J connectivity index is 2.07. The molecular weight excluding hydrogens is 285 g/mol. The van der Waals surface area contributed by atoms with Gasteiger partial charge >= 0.3 is 0 Å². The lowest BCUT2D eigenvalue weighted by Gasteiger charge is -2.18. The van der Waals surface area contributed by atoms with Crippen LogP contribution in [0.2, 0.25) is 5.02 Å². The molecule has 2 aromatic rings. The van der Waals surface area contributed by atoms with Gasteiger partial charge in [0.25, 0.3) is 0 Å². The first-order valence-corrected chi connectivity index (χ1v) is 7.75. The highest BCUT2D eigenvalue weighted by Gasteiger charge is 2.13. The van der Waals surface area contributed by atoms with E-state index in [2.05, 4.69) is 12.2 Å². The SMILES string of the molecule is CCNCC(Cc1ccc(Cl)cc1)Cc1ccccc1F. The third-order valence-electron chi connectivity index (χ3n) is 3.59. The maximum Gasteiger partial charge on any atom is 0.126 e. The van der Waals surface area contributed by atoms with Crippen molar-refractivity contribution >= 4 is 11.6 Å². The lowest BCUT2D eigenvalue weighted by molar-refractivity contribution is 0.467. The van der Waals surface area contributed by atoms with Crippen LogP contribution < -0.4 is 5.32 Å². The van der Waals surface area contributed by atoms with Crippen LogP contribution in [0.25, 0.3) is 0 Å². The molecule has 1 nitrogen and oxygen atoms in total. The van der Waals surface area contributed by atoms with Crippen molar-refractivity contribution in [3.05, 3.63) is 70.5 Å². The summed E-state index contributed by atoms with van der Waals surface area (Å²) in [5.41, 5.74) is 2.02. The molecule has 0 aromatic heterocycles. The van der Waals surface area contributed by atoms with Gasteiger partial charge in [0.1, 0.15) is 5.82 Å². The van der Waals surface area contributed by atoms with Gasteiger partial charge in [-0.05, 0) is 61.2 Å². The van der Waals surface area contributed by atoms with Crippen LogP contribution in [0, 0.1) is 11.7 Å². The molecule has 0 fully saturated rings. The Bertz CT molecular complexity index is 553. The minimum atomic E-state index is -0.116. The normalized spacial score (nSPS) is 12.3. The summed E-state index contributed by atoms with van der Waals surface area (Å²) < 4.78 is 13.8. The van der Waals surface area contributed by atoms with Gasteiger partial charge in [-0.25, -0.2) is 4.39 Å². The van der Waals surface area contributed by atoms with E-state index in [9.17, 15) is 4.39 Å². The zero-order valence-corrected chi connectivity index (χ0v) is 13.0. The number of benzene rings is 2. The van der Waals surface area contributed by atoms with E-state index < -0.39 is 0 Å². The third-order valence-corrected chi connectivity index (χ3v) is 3.84. The molecule has 0 aliphatic carbocycles. The molecule has 1 atom stereocenters. The fraction of sp³-hybridized carbons (Fsp3) is 0.333. The zero-order chi connectivity index (χ0) is 15.1. The van der Waals surface area contributed by atoms with Gasteiger partial charge in [0.15, 0.2) is 0 Å². The summed E-state index contributed by atoms with van der Waals surface area (Å²) in [4.78, 5) is 0. The van der Waals surface area contributed by atoms with Crippen LogP contribution in [0.15, 0.2) is 48.5 Å². The molecule has 112 valence electrons. The standard InChI is InChI=1S/C18H21ClFN/c1-2-21-13-15(11-14-7-9-17(19)10-8-14)12-16-5-3-4-6-18(16)20/h3-10,15,21H,2,11-13H2,1H3. The molecule has 0 aliphatic rings. The second-order valence-corrected chi connectivity index (χ2v) is 5.74. The van der Waals surface area contributed by atoms with Gasteiger partial charge in [-0.3, -0.25) is 0 Å². The molecule has 0 heterocycles. The van der Waals surface area contributed by atoms with E-state index in [1.54, 1.807) is 6.07 Å². The molecule has 2 rings (SSSR count). The lowest BCUT2D eigenvalue weighted by Crippen LogP contribution is -2.26. The van der Waals surface area contributed by atoms with E-state index in [0.717, 1.165) is 36.5 Å². The Hall–Kier alpha value is -1.38. The second-order valence-electron chi connectivity index (χ2n) is 5.30. The summed E-state index contributed by atoms with van der Waals surface area (Å²) in [5.74, 6) is 0.248. The quantitative estimate of drug-likeness (QED) is 0.794. The molecule has 0 bridgehead atoms. The average Bonchev–Trinajstić information content (AvgIpc) is 2.49. The second kappa shape index (κ2) is 8.16. The molecule has 1 unspecified atom stereocenters. The van der Waals surface area contributed by atoms with E-state index in [1.807, 2.05) is 36.4 Å². The van der Waals surface area contributed by atoms with Crippen molar-refractivity contribution in [2.75, 3.05) is 13.1 Å². The molecule has 1 N–H and O–H groups in total. The van der Waals surface area contributed by atoms with Gasteiger partial charge in [-0.1, -0.05) is 48.9 Å². The molecule has 21 heavy (non-hydrogen) atoms. The molecule has 0 saturated heterocycles. The summed E-state index contributed by atoms with van der Waals surface area (Å²) in [6, 6.07) is 14.9. The van der Waals surface area contributed by atoms with E-state index in [1.165, 1.54) is 11.6 Å². The van der Waals surface area contributed by atoms with Crippen molar-refractivity contribution in [2.24, 2.45) is 5.92 Å². The fourth-order valence-corrected chi connectivity index (χ4v) is 2.62. The molecule has 0 spiro atoms. The molecule has 2 aromatic carbocycles. The number of halogens is 2. The Morgan fingerprint density at radius 3 is 2.43 bits per heavy atom. The van der Waals surface area contributed by atoms with E-state index in [0.29, 0.717) is 5.92 Å². The zero-order valence-electron chi connectivity index (χ0n) is 12.3. The Morgan fingerprint density at radius 1 is 1.05 bits per heavy atom. The molecule has 0 aliphatic heterocycles. The highest BCUT2D eigenvalue weighted by molar-refractivity contribution is 6.30. The van der Waals surface area contributed by atoms with Crippen molar-refractivity contribution in [1.82, 2.24) is 5.32 Å². The van der Waals surface area contributed by atoms with Crippen molar-refractivity contribution < 1.29 is 4.39 Å². The highest BCUT2D eigenvalue weighted by atomic mass is 35.5. The lowest BCUT2D eigenvalue weighted by atomic mass is 9.92. The predicted octanol–water partition coefficient (Wildman–Crippen LogP) is 4.49. The summed E-state index contributed by atoms with van der Waals surface area (Å²) in [6.07, 6.45) is 1.65. The predicted molar refractivity (Wildman–Crippen MR) is 87.3 cm³/mol.